The second-order valence-corrected chi connectivity index (χ2v) is 5.55. The Morgan fingerprint density at radius 3 is 2.83 bits per heavy atom. The van der Waals surface area contributed by atoms with E-state index < -0.39 is 5.54 Å². The first-order valence-corrected chi connectivity index (χ1v) is 6.49. The molecular weight excluding hydrogens is 228 g/mol. The first-order chi connectivity index (χ1) is 8.42. The molecule has 0 aromatic carbocycles. The van der Waals surface area contributed by atoms with Gasteiger partial charge in [0.15, 0.2) is 0 Å². The maximum atomic E-state index is 11.7. The van der Waals surface area contributed by atoms with Crippen LogP contribution in [0.4, 0.5) is 0 Å². The number of primary amides is 1. The maximum absolute atomic E-state index is 11.7. The lowest BCUT2D eigenvalue weighted by atomic mass is 9.92. The second kappa shape index (κ2) is 4.72. The van der Waals surface area contributed by atoms with Crippen LogP contribution >= 0.6 is 0 Å². The number of imidazole rings is 1. The number of nitrogens with zero attached hydrogens (tertiary/aromatic N) is 2. The normalized spacial score (nSPS) is 20.4. The van der Waals surface area contributed by atoms with Crippen molar-refractivity contribution in [2.75, 3.05) is 0 Å². The van der Waals surface area contributed by atoms with Crippen LogP contribution in [-0.4, -0.2) is 27.0 Å². The molecule has 2 rings (SSSR count). The number of hydrogen-bond acceptors (Lipinski definition) is 3. The van der Waals surface area contributed by atoms with Gasteiger partial charge in [-0.3, -0.25) is 4.79 Å². The van der Waals surface area contributed by atoms with Crippen LogP contribution in [0.15, 0.2) is 12.4 Å². The second-order valence-electron chi connectivity index (χ2n) is 5.55. The maximum Gasteiger partial charge on any atom is 0.237 e. The highest BCUT2D eigenvalue weighted by atomic mass is 16.1. The molecule has 1 aromatic heterocycles. The van der Waals surface area contributed by atoms with Crippen LogP contribution < -0.4 is 11.1 Å². The van der Waals surface area contributed by atoms with E-state index >= 15 is 0 Å². The van der Waals surface area contributed by atoms with E-state index in [0.29, 0.717) is 12.5 Å². The van der Waals surface area contributed by atoms with Crippen molar-refractivity contribution in [3.63, 3.8) is 0 Å². The number of amides is 1. The largest absolute Gasteiger partial charge is 0.368 e. The number of nitrogens with one attached hydrogen (secondary N) is 1. The summed E-state index contributed by atoms with van der Waals surface area (Å²) in [7, 11) is 0. The van der Waals surface area contributed by atoms with Crippen LogP contribution in [0.1, 0.15) is 45.0 Å². The lowest BCUT2D eigenvalue weighted by Crippen LogP contribution is -2.55. The molecule has 2 unspecified atom stereocenters. The van der Waals surface area contributed by atoms with Crippen molar-refractivity contribution in [2.45, 2.75) is 57.7 Å². The summed E-state index contributed by atoms with van der Waals surface area (Å²) in [6, 6.07) is 0.648. The first-order valence-electron chi connectivity index (χ1n) is 6.49. The van der Waals surface area contributed by atoms with Gasteiger partial charge in [-0.15, -0.1) is 0 Å². The quantitative estimate of drug-likeness (QED) is 0.795. The molecule has 100 valence electrons. The third-order valence-electron chi connectivity index (χ3n) is 3.68. The summed E-state index contributed by atoms with van der Waals surface area (Å²) in [5.74, 6) is 0.680. The van der Waals surface area contributed by atoms with Gasteiger partial charge in [0.2, 0.25) is 5.91 Å². The molecule has 2 atom stereocenters. The molecule has 5 nitrogen and oxygen atoms in total. The third kappa shape index (κ3) is 2.72. The molecule has 1 fully saturated rings. The summed E-state index contributed by atoms with van der Waals surface area (Å²) in [6.45, 7) is 5.95. The average molecular weight is 250 g/mol. The van der Waals surface area contributed by atoms with E-state index in [1.807, 2.05) is 20.0 Å². The molecular formula is C13H22N4O. The van der Waals surface area contributed by atoms with Gasteiger partial charge in [0.1, 0.15) is 5.82 Å². The number of carbonyl (C=O) groups excluding carboxylic acids is 1. The highest BCUT2D eigenvalue weighted by Crippen LogP contribution is 2.27. The van der Waals surface area contributed by atoms with Gasteiger partial charge in [-0.2, -0.15) is 0 Å². The smallest absolute Gasteiger partial charge is 0.237 e. The summed E-state index contributed by atoms with van der Waals surface area (Å²) in [6.07, 6.45) is 6.68. The molecule has 0 spiro atoms. The number of carbonyl (C=O) groups is 1. The average Bonchev–Trinajstić information content (AvgIpc) is 2.97. The summed E-state index contributed by atoms with van der Waals surface area (Å²) < 4.78 is 2.08. The Hall–Kier alpha value is -1.36. The monoisotopic (exact) mass is 250 g/mol. The van der Waals surface area contributed by atoms with E-state index in [4.69, 9.17) is 5.73 Å². The van der Waals surface area contributed by atoms with Crippen LogP contribution in [0.5, 0.6) is 0 Å². The van der Waals surface area contributed by atoms with Crippen molar-refractivity contribution in [3.05, 3.63) is 18.2 Å². The van der Waals surface area contributed by atoms with Crippen molar-refractivity contribution in [1.82, 2.24) is 14.9 Å². The highest BCUT2D eigenvalue weighted by Gasteiger charge is 2.38. The number of nitrogens with two attached hydrogens (primary N) is 1. The van der Waals surface area contributed by atoms with Gasteiger partial charge in [-0.1, -0.05) is 0 Å². The van der Waals surface area contributed by atoms with Gasteiger partial charge in [0.25, 0.3) is 0 Å². The molecule has 0 bridgehead atoms. The molecule has 1 aromatic rings. The van der Waals surface area contributed by atoms with Crippen molar-refractivity contribution < 1.29 is 4.79 Å². The Bertz CT molecular complexity index is 438. The summed E-state index contributed by atoms with van der Waals surface area (Å²) in [4.78, 5) is 15.9. The van der Waals surface area contributed by atoms with E-state index in [9.17, 15) is 4.79 Å². The zero-order chi connectivity index (χ0) is 13.3. The Morgan fingerprint density at radius 2 is 2.39 bits per heavy atom. The highest BCUT2D eigenvalue weighted by molar-refractivity contribution is 5.84. The van der Waals surface area contributed by atoms with Crippen LogP contribution in [0, 0.1) is 6.92 Å². The van der Waals surface area contributed by atoms with Crippen LogP contribution in [0.25, 0.3) is 0 Å². The van der Waals surface area contributed by atoms with E-state index in [2.05, 4.69) is 21.8 Å². The number of aromatic nitrogens is 2. The van der Waals surface area contributed by atoms with Crippen molar-refractivity contribution in [1.29, 1.82) is 0 Å². The molecule has 5 heteroatoms. The number of rotatable bonds is 6. The van der Waals surface area contributed by atoms with Crippen molar-refractivity contribution in [3.8, 4) is 0 Å². The SMILES string of the molecule is Cc1nccn1C(C)CC(C)(NC1CC1)C(N)=O. The van der Waals surface area contributed by atoms with Crippen molar-refractivity contribution >= 4 is 5.91 Å². The van der Waals surface area contributed by atoms with E-state index in [1.54, 1.807) is 6.20 Å². The van der Waals surface area contributed by atoms with Crippen molar-refractivity contribution in [2.24, 2.45) is 5.73 Å². The van der Waals surface area contributed by atoms with Gasteiger partial charge in [0.05, 0.1) is 5.54 Å². The van der Waals surface area contributed by atoms with Gasteiger partial charge in [-0.05, 0) is 40.0 Å². The Morgan fingerprint density at radius 1 is 1.72 bits per heavy atom. The molecule has 1 amide bonds. The Kier molecular flexibility index (Phi) is 3.43. The molecule has 18 heavy (non-hydrogen) atoms. The topological polar surface area (TPSA) is 72.9 Å². The summed E-state index contributed by atoms with van der Waals surface area (Å²) >= 11 is 0. The van der Waals surface area contributed by atoms with Gasteiger partial charge in [-0.25, -0.2) is 4.98 Å². The minimum absolute atomic E-state index is 0.191. The van der Waals surface area contributed by atoms with Crippen LogP contribution in [0.2, 0.25) is 0 Å². The van der Waals surface area contributed by atoms with E-state index in [0.717, 1.165) is 18.7 Å². The Balaban J connectivity index is 2.08. The van der Waals surface area contributed by atoms with Crippen LogP contribution in [0.3, 0.4) is 0 Å². The summed E-state index contributed by atoms with van der Waals surface area (Å²) in [5, 5.41) is 3.37. The minimum Gasteiger partial charge on any atom is -0.368 e. The van der Waals surface area contributed by atoms with E-state index in [1.165, 1.54) is 0 Å². The molecule has 0 aliphatic heterocycles. The third-order valence-corrected chi connectivity index (χ3v) is 3.68. The molecule has 3 N–H and O–H groups in total. The van der Waals surface area contributed by atoms with Crippen LogP contribution in [-0.2, 0) is 4.79 Å². The molecule has 1 aliphatic carbocycles. The van der Waals surface area contributed by atoms with E-state index in [-0.39, 0.29) is 11.9 Å². The molecule has 1 aliphatic rings. The molecule has 0 saturated heterocycles. The standard InChI is InChI=1S/C13H22N4O/c1-9(17-7-6-15-10(17)2)8-13(3,12(14)18)16-11-4-5-11/h6-7,9,11,16H,4-5,8H2,1-3H3,(H2,14,18). The molecule has 1 heterocycles. The van der Waals surface area contributed by atoms with Gasteiger partial charge < -0.3 is 15.6 Å². The fourth-order valence-corrected chi connectivity index (χ4v) is 2.45. The zero-order valence-electron chi connectivity index (χ0n) is 11.3. The lowest BCUT2D eigenvalue weighted by molar-refractivity contribution is -0.124. The molecule has 1 saturated carbocycles. The van der Waals surface area contributed by atoms with Gasteiger partial charge in [0, 0.05) is 24.5 Å². The van der Waals surface area contributed by atoms with Gasteiger partial charge >= 0.3 is 0 Å². The predicted molar refractivity (Wildman–Crippen MR) is 70.0 cm³/mol. The molecule has 0 radical (unpaired) electrons. The minimum atomic E-state index is -0.642. The number of aryl methyl sites for hydroxylation is 1. The number of hydrogen-bond donors (Lipinski definition) is 2. The lowest BCUT2D eigenvalue weighted by Gasteiger charge is -2.31. The zero-order valence-corrected chi connectivity index (χ0v) is 11.3. The predicted octanol–water partition coefficient (Wildman–Crippen LogP) is 1.14. The summed E-state index contributed by atoms with van der Waals surface area (Å²) in [5.41, 5.74) is 4.92. The fourth-order valence-electron chi connectivity index (χ4n) is 2.45. The first kappa shape index (κ1) is 13.1. The Labute approximate surface area is 108 Å². The fraction of sp³-hybridized carbons (Fsp3) is 0.692.